The van der Waals surface area contributed by atoms with Crippen molar-refractivity contribution in [2.75, 3.05) is 0 Å². The Morgan fingerprint density at radius 1 is 0.475 bits per heavy atom. The van der Waals surface area contributed by atoms with Crippen LogP contribution in [0.15, 0.2) is 36.7 Å². The molecule has 0 N–H and O–H groups in total. The maximum Gasteiger partial charge on any atom is 0.146 e. The number of rotatable bonds is 6. The normalized spacial score (nSPS) is 11.6. The van der Waals surface area contributed by atoms with Crippen LogP contribution >= 0.6 is 0 Å². The first-order valence-corrected chi connectivity index (χ1v) is 19.2. The topological polar surface area (TPSA) is 25.8 Å². The maximum atomic E-state index is 4.52. The fraction of sp³-hybridized carbons (Fsp3) is 0.500. The minimum absolute atomic E-state index is 0.571. The maximum absolute atomic E-state index is 4.52. The molecule has 4 heteroatoms. The van der Waals surface area contributed by atoms with Crippen LogP contribution in [0.2, 0.25) is 33.2 Å². The van der Waals surface area contributed by atoms with Crippen LogP contribution in [-0.2, 0) is 0 Å². The zero-order chi connectivity index (χ0) is 30.1. The number of pyridine rings is 2. The summed E-state index contributed by atoms with van der Waals surface area (Å²) in [7, 11) is -3.70. The van der Waals surface area contributed by atoms with Crippen molar-refractivity contribution in [2.24, 2.45) is 0 Å². The summed E-state index contributed by atoms with van der Waals surface area (Å²) in [6.07, 6.45) is 3.53. The summed E-state index contributed by atoms with van der Waals surface area (Å²) < 4.78 is 0. The Morgan fingerprint density at radius 2 is 0.775 bits per heavy atom. The SMILES string of the molecule is CC(C)[Si](C#Cc1cccnc1C#CC#Cc1ncccc1C#C[Si](C(C)C)(C(C)C)C(C)C)(C(C)C)C(C)C. The Kier molecular flexibility index (Phi) is 12.1. The van der Waals surface area contributed by atoms with E-state index in [1.54, 1.807) is 12.4 Å². The fourth-order valence-corrected chi connectivity index (χ4v) is 17.0. The van der Waals surface area contributed by atoms with Gasteiger partial charge in [-0.3, -0.25) is 0 Å². The lowest BCUT2D eigenvalue weighted by Crippen LogP contribution is -2.43. The summed E-state index contributed by atoms with van der Waals surface area (Å²) in [6, 6.07) is 7.88. The van der Waals surface area contributed by atoms with Gasteiger partial charge in [-0.1, -0.05) is 94.9 Å². The van der Waals surface area contributed by atoms with E-state index in [9.17, 15) is 0 Å². The minimum atomic E-state index is -1.85. The summed E-state index contributed by atoms with van der Waals surface area (Å²) in [5.41, 5.74) is 14.1. The predicted molar refractivity (Wildman–Crippen MR) is 178 cm³/mol. The average molecular weight is 565 g/mol. The van der Waals surface area contributed by atoms with Gasteiger partial charge in [0.25, 0.3) is 0 Å². The number of nitrogens with zero attached hydrogens (tertiary/aromatic N) is 2. The standard InChI is InChI=1S/C36H48N2Si2/c1-27(2)39(28(3)4,29(5)6)25-21-33-17-15-23-37-35(33)19-13-14-20-36-34(18-16-24-38-36)22-26-40(30(7)8,31(9)10)32(11)12/h15-18,23-24,27-32H,1-12H3. The first kappa shape index (κ1) is 33.2. The van der Waals surface area contributed by atoms with E-state index in [1.165, 1.54) is 0 Å². The van der Waals surface area contributed by atoms with Crippen molar-refractivity contribution in [3.05, 3.63) is 59.2 Å². The van der Waals surface area contributed by atoms with E-state index in [0.29, 0.717) is 44.6 Å². The average Bonchev–Trinajstić information content (AvgIpc) is 2.87. The van der Waals surface area contributed by atoms with E-state index < -0.39 is 16.1 Å². The highest BCUT2D eigenvalue weighted by atomic mass is 28.3. The molecule has 0 amide bonds. The van der Waals surface area contributed by atoms with Gasteiger partial charge in [-0.25, -0.2) is 9.97 Å². The van der Waals surface area contributed by atoms with Crippen molar-refractivity contribution in [2.45, 2.75) is 116 Å². The molecule has 2 aromatic rings. The van der Waals surface area contributed by atoms with Crippen molar-refractivity contribution in [1.82, 2.24) is 9.97 Å². The van der Waals surface area contributed by atoms with Crippen LogP contribution in [0, 0.1) is 46.6 Å². The summed E-state index contributed by atoms with van der Waals surface area (Å²) >= 11 is 0. The van der Waals surface area contributed by atoms with E-state index in [4.69, 9.17) is 0 Å². The van der Waals surface area contributed by atoms with Gasteiger partial charge in [-0.2, -0.15) is 0 Å². The molecule has 0 aliphatic heterocycles. The first-order chi connectivity index (χ1) is 18.8. The highest BCUT2D eigenvalue weighted by molar-refractivity contribution is 6.91. The molecule has 0 atom stereocenters. The Morgan fingerprint density at radius 3 is 1.05 bits per heavy atom. The number of aromatic nitrogens is 2. The largest absolute Gasteiger partial charge is 0.246 e. The third kappa shape index (κ3) is 7.38. The van der Waals surface area contributed by atoms with Gasteiger partial charge >= 0.3 is 0 Å². The molecule has 2 aromatic heterocycles. The highest BCUT2D eigenvalue weighted by Gasteiger charge is 2.42. The van der Waals surface area contributed by atoms with Gasteiger partial charge in [0.15, 0.2) is 0 Å². The van der Waals surface area contributed by atoms with Crippen LogP contribution in [0.3, 0.4) is 0 Å². The molecule has 210 valence electrons. The molecule has 0 unspecified atom stereocenters. The van der Waals surface area contributed by atoms with Gasteiger partial charge in [-0.15, -0.1) is 11.1 Å². The second-order valence-corrected chi connectivity index (χ2v) is 23.8. The van der Waals surface area contributed by atoms with Crippen LogP contribution in [0.4, 0.5) is 0 Å². The second kappa shape index (κ2) is 14.6. The molecule has 0 saturated heterocycles. The van der Waals surface area contributed by atoms with Gasteiger partial charge < -0.3 is 0 Å². The zero-order valence-corrected chi connectivity index (χ0v) is 28.8. The number of hydrogen-bond acceptors (Lipinski definition) is 2. The smallest absolute Gasteiger partial charge is 0.146 e. The van der Waals surface area contributed by atoms with E-state index >= 15 is 0 Å². The van der Waals surface area contributed by atoms with E-state index in [2.05, 4.69) is 140 Å². The molecule has 0 aliphatic rings. The van der Waals surface area contributed by atoms with Gasteiger partial charge in [0.05, 0.1) is 11.1 Å². The summed E-state index contributed by atoms with van der Waals surface area (Å²) in [6.45, 7) is 27.9. The number of hydrogen-bond donors (Lipinski definition) is 0. The van der Waals surface area contributed by atoms with Crippen molar-refractivity contribution < 1.29 is 0 Å². The Hall–Kier alpha value is -3.03. The highest BCUT2D eigenvalue weighted by Crippen LogP contribution is 2.41. The molecule has 0 aromatic carbocycles. The predicted octanol–water partition coefficient (Wildman–Crippen LogP) is 9.02. The van der Waals surface area contributed by atoms with E-state index in [1.807, 2.05) is 24.3 Å². The van der Waals surface area contributed by atoms with Crippen molar-refractivity contribution in [3.63, 3.8) is 0 Å². The van der Waals surface area contributed by atoms with Crippen molar-refractivity contribution in [3.8, 4) is 46.6 Å². The molecule has 0 aliphatic carbocycles. The molecule has 2 heterocycles. The van der Waals surface area contributed by atoms with E-state index in [-0.39, 0.29) is 0 Å². The minimum Gasteiger partial charge on any atom is -0.246 e. The lowest BCUT2D eigenvalue weighted by Gasteiger charge is -2.38. The lowest BCUT2D eigenvalue weighted by molar-refractivity contribution is 0.838. The monoisotopic (exact) mass is 564 g/mol. The Bertz CT molecular complexity index is 1250. The molecule has 0 radical (unpaired) electrons. The second-order valence-electron chi connectivity index (χ2n) is 12.6. The quantitative estimate of drug-likeness (QED) is 0.258. The van der Waals surface area contributed by atoms with Gasteiger partial charge in [0.2, 0.25) is 0 Å². The van der Waals surface area contributed by atoms with Crippen LogP contribution in [-0.4, -0.2) is 26.1 Å². The third-order valence-electron chi connectivity index (χ3n) is 8.60. The lowest BCUT2D eigenvalue weighted by atomic mass is 10.2. The van der Waals surface area contributed by atoms with Crippen molar-refractivity contribution >= 4 is 16.1 Å². The van der Waals surface area contributed by atoms with Gasteiger partial charge in [0, 0.05) is 12.4 Å². The molecule has 0 bridgehead atoms. The zero-order valence-electron chi connectivity index (χ0n) is 26.8. The van der Waals surface area contributed by atoms with Crippen LogP contribution in [0.25, 0.3) is 0 Å². The molecule has 40 heavy (non-hydrogen) atoms. The first-order valence-electron chi connectivity index (χ1n) is 14.8. The molecular weight excluding hydrogens is 517 g/mol. The van der Waals surface area contributed by atoms with Crippen LogP contribution in [0.5, 0.6) is 0 Å². The molecule has 2 nitrogen and oxygen atoms in total. The Labute approximate surface area is 247 Å². The van der Waals surface area contributed by atoms with Crippen LogP contribution < -0.4 is 0 Å². The molecule has 0 fully saturated rings. The third-order valence-corrected chi connectivity index (χ3v) is 21.2. The summed E-state index contributed by atoms with van der Waals surface area (Å²) in [5.74, 6) is 19.3. The Balaban J connectivity index is 2.48. The molecular formula is C36H48N2Si2. The van der Waals surface area contributed by atoms with Crippen LogP contribution in [0.1, 0.15) is 106 Å². The van der Waals surface area contributed by atoms with Gasteiger partial charge in [0.1, 0.15) is 27.5 Å². The van der Waals surface area contributed by atoms with Crippen molar-refractivity contribution in [1.29, 1.82) is 0 Å². The fourth-order valence-electron chi connectivity index (χ4n) is 6.61. The van der Waals surface area contributed by atoms with E-state index in [0.717, 1.165) is 11.1 Å². The molecule has 2 rings (SSSR count). The van der Waals surface area contributed by atoms with Gasteiger partial charge in [-0.05, 0) is 81.2 Å². The molecule has 0 spiro atoms. The summed E-state index contributed by atoms with van der Waals surface area (Å²) in [4.78, 5) is 9.04. The molecule has 0 saturated carbocycles. The summed E-state index contributed by atoms with van der Waals surface area (Å²) in [5, 5.41) is 0.